The minimum Gasteiger partial charge on any atom is -0.354 e. The molecule has 2 saturated heterocycles. The van der Waals surface area contributed by atoms with E-state index in [9.17, 15) is 4.79 Å². The molecule has 114 valence electrons. The Balaban J connectivity index is 1.37. The van der Waals surface area contributed by atoms with Crippen LogP contribution in [0.3, 0.4) is 0 Å². The lowest BCUT2D eigenvalue weighted by Crippen LogP contribution is -2.45. The van der Waals surface area contributed by atoms with Gasteiger partial charge in [-0.15, -0.1) is 0 Å². The van der Waals surface area contributed by atoms with Crippen LogP contribution < -0.4 is 10.6 Å². The summed E-state index contributed by atoms with van der Waals surface area (Å²) in [7, 11) is 0. The Hall–Kier alpha value is -0.610. The molecule has 3 rings (SSSR count). The number of carbonyl (C=O) groups is 1. The average Bonchev–Trinajstić information content (AvgIpc) is 2.96. The van der Waals surface area contributed by atoms with Crippen LogP contribution in [0.15, 0.2) is 0 Å². The van der Waals surface area contributed by atoms with Gasteiger partial charge in [0, 0.05) is 19.6 Å². The van der Waals surface area contributed by atoms with E-state index in [2.05, 4.69) is 22.5 Å². The predicted molar refractivity (Wildman–Crippen MR) is 80.5 cm³/mol. The summed E-state index contributed by atoms with van der Waals surface area (Å²) in [4.78, 5) is 14.6. The molecule has 2 aliphatic heterocycles. The summed E-state index contributed by atoms with van der Waals surface area (Å²) >= 11 is 0. The number of nitrogens with one attached hydrogen (secondary N) is 2. The van der Waals surface area contributed by atoms with E-state index in [1.807, 2.05) is 0 Å². The number of nitrogens with zero attached hydrogens (tertiary/aromatic N) is 1. The van der Waals surface area contributed by atoms with Gasteiger partial charge in [0.2, 0.25) is 5.91 Å². The lowest BCUT2D eigenvalue weighted by Gasteiger charge is -2.33. The van der Waals surface area contributed by atoms with Gasteiger partial charge >= 0.3 is 0 Å². The van der Waals surface area contributed by atoms with E-state index in [0.29, 0.717) is 5.92 Å². The monoisotopic (exact) mass is 279 g/mol. The van der Waals surface area contributed by atoms with Gasteiger partial charge < -0.3 is 15.5 Å². The summed E-state index contributed by atoms with van der Waals surface area (Å²) in [6, 6.07) is 0.0713. The number of rotatable bonds is 5. The molecule has 4 heteroatoms. The van der Waals surface area contributed by atoms with Crippen molar-refractivity contribution in [1.29, 1.82) is 0 Å². The minimum atomic E-state index is 0.0713. The first-order valence-electron chi connectivity index (χ1n) is 8.46. The summed E-state index contributed by atoms with van der Waals surface area (Å²) in [5, 5.41) is 6.43. The van der Waals surface area contributed by atoms with Crippen molar-refractivity contribution < 1.29 is 4.79 Å². The van der Waals surface area contributed by atoms with E-state index < -0.39 is 0 Å². The highest BCUT2D eigenvalue weighted by molar-refractivity contribution is 5.81. The molecule has 2 N–H and O–H groups in total. The Morgan fingerprint density at radius 1 is 1.35 bits per heavy atom. The molecule has 1 aliphatic carbocycles. The molecule has 0 bridgehead atoms. The third-order valence-electron chi connectivity index (χ3n) is 5.31. The molecule has 0 aromatic heterocycles. The van der Waals surface area contributed by atoms with Crippen molar-refractivity contribution in [2.24, 2.45) is 17.8 Å². The summed E-state index contributed by atoms with van der Waals surface area (Å²) in [6.07, 6.45) is 6.13. The van der Waals surface area contributed by atoms with Crippen LogP contribution in [0.5, 0.6) is 0 Å². The number of carbonyl (C=O) groups excluding carboxylic acids is 1. The third kappa shape index (κ3) is 3.73. The van der Waals surface area contributed by atoms with Crippen LogP contribution in [0.4, 0.5) is 0 Å². The smallest absolute Gasteiger partial charge is 0.237 e. The first-order chi connectivity index (χ1) is 9.72. The number of piperidine rings is 1. The fraction of sp³-hybridized carbons (Fsp3) is 0.938. The van der Waals surface area contributed by atoms with Gasteiger partial charge in [-0.2, -0.15) is 0 Å². The second kappa shape index (κ2) is 6.44. The maximum absolute atomic E-state index is 12.0. The largest absolute Gasteiger partial charge is 0.354 e. The first kappa shape index (κ1) is 14.3. The molecule has 4 nitrogen and oxygen atoms in total. The molecule has 3 aliphatic rings. The molecule has 0 spiro atoms. The van der Waals surface area contributed by atoms with Crippen LogP contribution in [-0.2, 0) is 4.79 Å². The van der Waals surface area contributed by atoms with Crippen molar-refractivity contribution >= 4 is 5.91 Å². The highest BCUT2D eigenvalue weighted by Gasteiger charge is 2.35. The molecule has 0 aromatic rings. The average molecular weight is 279 g/mol. The molecule has 4 unspecified atom stereocenters. The summed E-state index contributed by atoms with van der Waals surface area (Å²) in [6.45, 7) is 7.96. The Bertz CT molecular complexity index is 341. The molecule has 4 atom stereocenters. The summed E-state index contributed by atoms with van der Waals surface area (Å²) in [5.74, 6) is 2.77. The number of hydrogen-bond acceptors (Lipinski definition) is 3. The van der Waals surface area contributed by atoms with E-state index in [1.54, 1.807) is 0 Å². The molecule has 1 saturated carbocycles. The minimum absolute atomic E-state index is 0.0713. The number of likely N-dealkylation sites (tertiary alicyclic amines) is 1. The van der Waals surface area contributed by atoms with Crippen molar-refractivity contribution in [3.05, 3.63) is 0 Å². The zero-order valence-corrected chi connectivity index (χ0v) is 12.7. The van der Waals surface area contributed by atoms with Gasteiger partial charge in [-0.3, -0.25) is 4.79 Å². The third-order valence-corrected chi connectivity index (χ3v) is 5.31. The maximum Gasteiger partial charge on any atom is 0.237 e. The van der Waals surface area contributed by atoms with Crippen molar-refractivity contribution in [2.75, 3.05) is 32.7 Å². The van der Waals surface area contributed by atoms with E-state index >= 15 is 0 Å². The van der Waals surface area contributed by atoms with Crippen LogP contribution >= 0.6 is 0 Å². The van der Waals surface area contributed by atoms with Crippen molar-refractivity contribution in [2.45, 2.75) is 45.1 Å². The van der Waals surface area contributed by atoms with Gasteiger partial charge in [0.05, 0.1) is 6.04 Å². The second-order valence-electron chi connectivity index (χ2n) is 7.13. The molecule has 20 heavy (non-hydrogen) atoms. The molecular weight excluding hydrogens is 250 g/mol. The molecule has 1 amide bonds. The lowest BCUT2D eigenvalue weighted by atomic mass is 9.97. The Kier molecular flexibility index (Phi) is 4.61. The Labute approximate surface area is 122 Å². The molecule has 3 fully saturated rings. The zero-order valence-electron chi connectivity index (χ0n) is 12.7. The SMILES string of the molecule is CC1CC1CN1CCCC(CNC(=O)C2CCCN2)C1. The van der Waals surface area contributed by atoms with E-state index in [-0.39, 0.29) is 11.9 Å². The van der Waals surface area contributed by atoms with Crippen LogP contribution in [0.1, 0.15) is 39.0 Å². The highest BCUT2D eigenvalue weighted by atomic mass is 16.2. The van der Waals surface area contributed by atoms with Gasteiger partial charge in [-0.1, -0.05) is 6.92 Å². The number of hydrogen-bond donors (Lipinski definition) is 2. The van der Waals surface area contributed by atoms with E-state index in [1.165, 1.54) is 38.9 Å². The van der Waals surface area contributed by atoms with Crippen LogP contribution in [-0.4, -0.2) is 49.6 Å². The number of amides is 1. The normalized spacial score (nSPS) is 37.9. The van der Waals surface area contributed by atoms with Crippen LogP contribution in [0.2, 0.25) is 0 Å². The van der Waals surface area contributed by atoms with Crippen molar-refractivity contribution in [1.82, 2.24) is 15.5 Å². The molecule has 0 radical (unpaired) electrons. The van der Waals surface area contributed by atoms with Gasteiger partial charge in [0.15, 0.2) is 0 Å². The Morgan fingerprint density at radius 3 is 2.90 bits per heavy atom. The van der Waals surface area contributed by atoms with Crippen molar-refractivity contribution in [3.63, 3.8) is 0 Å². The highest BCUT2D eigenvalue weighted by Crippen LogP contribution is 2.38. The molecule has 0 aromatic carbocycles. The van der Waals surface area contributed by atoms with Crippen LogP contribution in [0.25, 0.3) is 0 Å². The Morgan fingerprint density at radius 2 is 2.20 bits per heavy atom. The van der Waals surface area contributed by atoms with Gasteiger partial charge in [0.25, 0.3) is 0 Å². The predicted octanol–water partition coefficient (Wildman–Crippen LogP) is 1.22. The zero-order chi connectivity index (χ0) is 13.9. The van der Waals surface area contributed by atoms with Crippen LogP contribution in [0, 0.1) is 17.8 Å². The van der Waals surface area contributed by atoms with Gasteiger partial charge in [0.1, 0.15) is 0 Å². The molecular formula is C16H29N3O. The van der Waals surface area contributed by atoms with Gasteiger partial charge in [-0.25, -0.2) is 0 Å². The maximum atomic E-state index is 12.0. The first-order valence-corrected chi connectivity index (χ1v) is 8.46. The van der Waals surface area contributed by atoms with Gasteiger partial charge in [-0.05, 0) is 62.9 Å². The van der Waals surface area contributed by atoms with E-state index in [4.69, 9.17) is 0 Å². The topological polar surface area (TPSA) is 44.4 Å². The fourth-order valence-electron chi connectivity index (χ4n) is 3.75. The summed E-state index contributed by atoms with van der Waals surface area (Å²) in [5.41, 5.74) is 0. The van der Waals surface area contributed by atoms with E-state index in [0.717, 1.165) is 37.8 Å². The summed E-state index contributed by atoms with van der Waals surface area (Å²) < 4.78 is 0. The van der Waals surface area contributed by atoms with Crippen molar-refractivity contribution in [3.8, 4) is 0 Å². The molecule has 2 heterocycles. The standard InChI is InChI=1S/C16H29N3O/c1-12-8-14(12)11-19-7-3-4-13(10-19)9-18-16(20)15-5-2-6-17-15/h12-15,17H,2-11H2,1H3,(H,18,20). The second-order valence-corrected chi connectivity index (χ2v) is 7.13. The lowest BCUT2D eigenvalue weighted by molar-refractivity contribution is -0.123. The fourth-order valence-corrected chi connectivity index (χ4v) is 3.75. The quantitative estimate of drug-likeness (QED) is 0.795.